The lowest BCUT2D eigenvalue weighted by atomic mass is 10.0. The quantitative estimate of drug-likeness (QED) is 0.782. The number of nitrogens with one attached hydrogen (secondary N) is 1. The summed E-state index contributed by atoms with van der Waals surface area (Å²) >= 11 is 0. The van der Waals surface area contributed by atoms with Crippen LogP contribution in [0.1, 0.15) is 37.5 Å². The average molecular weight is 389 g/mol. The summed E-state index contributed by atoms with van der Waals surface area (Å²) in [6.07, 6.45) is 2.69. The number of carbonyl (C=O) groups is 1. The summed E-state index contributed by atoms with van der Waals surface area (Å²) in [6, 6.07) is 12.2. The van der Waals surface area contributed by atoms with Gasteiger partial charge in [-0.3, -0.25) is 9.10 Å². The molecule has 2 aromatic carbocycles. The number of hydrogen-bond acceptors (Lipinski definition) is 3. The molecule has 0 aliphatic rings. The molecule has 0 aliphatic carbocycles. The number of rotatable bonds is 7. The maximum absolute atomic E-state index is 13.0. The molecule has 2 rings (SSSR count). The van der Waals surface area contributed by atoms with Crippen molar-refractivity contribution in [3.63, 3.8) is 0 Å². The Kier molecular flexibility index (Phi) is 6.65. The summed E-state index contributed by atoms with van der Waals surface area (Å²) in [6.45, 7) is 7.56. The van der Waals surface area contributed by atoms with Crippen molar-refractivity contribution >= 4 is 27.3 Å². The van der Waals surface area contributed by atoms with Crippen LogP contribution in [0.25, 0.3) is 0 Å². The summed E-state index contributed by atoms with van der Waals surface area (Å²) < 4.78 is 26.0. The number of aryl methyl sites for hydroxylation is 3. The average Bonchev–Trinajstić information content (AvgIpc) is 2.60. The van der Waals surface area contributed by atoms with E-state index in [0.717, 1.165) is 41.5 Å². The molecule has 0 aromatic heterocycles. The largest absolute Gasteiger partial charge is 0.324 e. The number of para-hydroxylation sites is 1. The lowest BCUT2D eigenvalue weighted by Crippen LogP contribution is -2.45. The first-order valence-corrected chi connectivity index (χ1v) is 11.0. The van der Waals surface area contributed by atoms with E-state index in [2.05, 4.69) is 5.32 Å². The fraction of sp³-hybridized carbons (Fsp3) is 0.381. The Morgan fingerprint density at radius 2 is 1.63 bits per heavy atom. The van der Waals surface area contributed by atoms with Crippen LogP contribution >= 0.6 is 0 Å². The molecule has 1 amide bonds. The lowest BCUT2D eigenvalue weighted by Gasteiger charge is -2.29. The number of anilines is 2. The highest BCUT2D eigenvalue weighted by atomic mass is 32.2. The number of nitrogens with zero attached hydrogens (tertiary/aromatic N) is 1. The first kappa shape index (κ1) is 21.0. The highest BCUT2D eigenvalue weighted by molar-refractivity contribution is 7.92. The molecule has 1 atom stereocenters. The molecule has 0 bridgehead atoms. The van der Waals surface area contributed by atoms with Crippen molar-refractivity contribution < 1.29 is 13.2 Å². The van der Waals surface area contributed by atoms with Crippen molar-refractivity contribution in [1.82, 2.24) is 0 Å². The third-order valence-electron chi connectivity index (χ3n) is 4.59. The van der Waals surface area contributed by atoms with Gasteiger partial charge in [-0.25, -0.2) is 8.42 Å². The number of carbonyl (C=O) groups excluding carboxylic acids is 1. The molecular weight excluding hydrogens is 360 g/mol. The van der Waals surface area contributed by atoms with E-state index in [9.17, 15) is 13.2 Å². The van der Waals surface area contributed by atoms with Gasteiger partial charge in [0, 0.05) is 5.69 Å². The normalized spacial score (nSPS) is 12.5. The molecule has 0 spiro atoms. The maximum atomic E-state index is 13.0. The summed E-state index contributed by atoms with van der Waals surface area (Å²) in [4.78, 5) is 13.0. The summed E-state index contributed by atoms with van der Waals surface area (Å²) in [5.74, 6) is -0.350. The number of sulfonamides is 1. The van der Waals surface area contributed by atoms with Gasteiger partial charge in [-0.2, -0.15) is 0 Å². The van der Waals surface area contributed by atoms with Crippen LogP contribution in [-0.4, -0.2) is 26.6 Å². The molecule has 1 N–H and O–H groups in total. The van der Waals surface area contributed by atoms with Gasteiger partial charge in [0.1, 0.15) is 6.04 Å². The Morgan fingerprint density at radius 1 is 1.07 bits per heavy atom. The number of hydrogen-bond donors (Lipinski definition) is 1. The Labute approximate surface area is 162 Å². The maximum Gasteiger partial charge on any atom is 0.248 e. The predicted molar refractivity (Wildman–Crippen MR) is 112 cm³/mol. The van der Waals surface area contributed by atoms with E-state index in [1.54, 1.807) is 25.1 Å². The van der Waals surface area contributed by atoms with Crippen LogP contribution in [0.4, 0.5) is 11.4 Å². The topological polar surface area (TPSA) is 66.5 Å². The molecule has 0 saturated carbocycles. The molecule has 146 valence electrons. The van der Waals surface area contributed by atoms with Crippen LogP contribution in [0.2, 0.25) is 0 Å². The van der Waals surface area contributed by atoms with Crippen molar-refractivity contribution in [1.29, 1.82) is 0 Å². The van der Waals surface area contributed by atoms with Gasteiger partial charge in [0.15, 0.2) is 0 Å². The SMILES string of the molecule is CCc1cccc(CC)c1NC(=O)[C@H](C)N(c1cccc(C)c1)S(C)(=O)=O. The molecule has 0 unspecified atom stereocenters. The van der Waals surface area contributed by atoms with E-state index in [1.807, 2.05) is 45.0 Å². The highest BCUT2D eigenvalue weighted by Gasteiger charge is 2.29. The minimum atomic E-state index is -3.63. The predicted octanol–water partition coefficient (Wildman–Crippen LogP) is 3.91. The van der Waals surface area contributed by atoms with E-state index in [4.69, 9.17) is 0 Å². The Hall–Kier alpha value is -2.34. The zero-order valence-corrected chi connectivity index (χ0v) is 17.4. The third kappa shape index (κ3) is 4.89. The molecule has 0 fully saturated rings. The smallest absolute Gasteiger partial charge is 0.248 e. The summed E-state index contributed by atoms with van der Waals surface area (Å²) in [5.41, 5.74) is 4.28. The minimum Gasteiger partial charge on any atom is -0.324 e. The fourth-order valence-corrected chi connectivity index (χ4v) is 4.37. The zero-order chi connectivity index (χ0) is 20.2. The van der Waals surface area contributed by atoms with Gasteiger partial charge in [-0.1, -0.05) is 44.2 Å². The molecule has 0 saturated heterocycles. The van der Waals surface area contributed by atoms with E-state index < -0.39 is 16.1 Å². The van der Waals surface area contributed by atoms with Crippen LogP contribution in [0.15, 0.2) is 42.5 Å². The third-order valence-corrected chi connectivity index (χ3v) is 5.83. The van der Waals surface area contributed by atoms with Gasteiger partial charge in [-0.15, -0.1) is 0 Å². The zero-order valence-electron chi connectivity index (χ0n) is 16.6. The van der Waals surface area contributed by atoms with Gasteiger partial charge in [-0.05, 0) is 55.5 Å². The van der Waals surface area contributed by atoms with Gasteiger partial charge in [0.05, 0.1) is 11.9 Å². The second kappa shape index (κ2) is 8.57. The van der Waals surface area contributed by atoms with Crippen molar-refractivity contribution in [3.05, 3.63) is 59.2 Å². The van der Waals surface area contributed by atoms with Crippen molar-refractivity contribution in [2.45, 2.75) is 46.6 Å². The van der Waals surface area contributed by atoms with Crippen molar-refractivity contribution in [2.75, 3.05) is 15.9 Å². The molecule has 0 aliphatic heterocycles. The van der Waals surface area contributed by atoms with Gasteiger partial charge >= 0.3 is 0 Å². The van der Waals surface area contributed by atoms with Crippen molar-refractivity contribution in [3.8, 4) is 0 Å². The first-order valence-electron chi connectivity index (χ1n) is 9.16. The van der Waals surface area contributed by atoms with Gasteiger partial charge in [0.25, 0.3) is 0 Å². The van der Waals surface area contributed by atoms with E-state index in [1.165, 1.54) is 4.31 Å². The van der Waals surface area contributed by atoms with E-state index in [-0.39, 0.29) is 5.91 Å². The molecular formula is C21H28N2O3S. The lowest BCUT2D eigenvalue weighted by molar-refractivity contribution is -0.116. The monoisotopic (exact) mass is 388 g/mol. The molecule has 27 heavy (non-hydrogen) atoms. The van der Waals surface area contributed by atoms with E-state index in [0.29, 0.717) is 5.69 Å². The van der Waals surface area contributed by atoms with Gasteiger partial charge in [0.2, 0.25) is 15.9 Å². The molecule has 6 heteroatoms. The van der Waals surface area contributed by atoms with Crippen LogP contribution in [-0.2, 0) is 27.7 Å². The Bertz CT molecular complexity index is 901. The second-order valence-corrected chi connectivity index (χ2v) is 8.58. The van der Waals surface area contributed by atoms with Gasteiger partial charge < -0.3 is 5.32 Å². The second-order valence-electron chi connectivity index (χ2n) is 6.72. The Morgan fingerprint density at radius 3 is 2.11 bits per heavy atom. The van der Waals surface area contributed by atoms with Crippen LogP contribution in [0.3, 0.4) is 0 Å². The standard InChI is InChI=1S/C21H28N2O3S/c1-6-17-11-9-12-18(7-2)20(17)22-21(24)16(4)23(27(5,25)26)19-13-8-10-15(3)14-19/h8-14,16H,6-7H2,1-5H3,(H,22,24)/t16-/m0/s1. The fourth-order valence-electron chi connectivity index (χ4n) is 3.20. The molecule has 5 nitrogen and oxygen atoms in total. The van der Waals surface area contributed by atoms with E-state index >= 15 is 0 Å². The van der Waals surface area contributed by atoms with Crippen molar-refractivity contribution in [2.24, 2.45) is 0 Å². The van der Waals surface area contributed by atoms with Crippen LogP contribution in [0.5, 0.6) is 0 Å². The van der Waals surface area contributed by atoms with Crippen LogP contribution in [0, 0.1) is 6.92 Å². The number of benzene rings is 2. The van der Waals surface area contributed by atoms with Crippen LogP contribution < -0.4 is 9.62 Å². The number of amides is 1. The highest BCUT2D eigenvalue weighted by Crippen LogP contribution is 2.25. The Balaban J connectivity index is 2.40. The summed E-state index contributed by atoms with van der Waals surface area (Å²) in [7, 11) is -3.63. The summed E-state index contributed by atoms with van der Waals surface area (Å²) in [5, 5.41) is 2.97. The minimum absolute atomic E-state index is 0.350. The molecule has 2 aromatic rings. The molecule has 0 heterocycles. The first-order chi connectivity index (χ1) is 12.7. The molecule has 0 radical (unpaired) electrons.